The third-order valence-electron chi connectivity index (χ3n) is 7.86. The third kappa shape index (κ3) is 13.9. The maximum atomic E-state index is 11.4. The fraction of sp³-hybridized carbons (Fsp3) is 0.389. The minimum atomic E-state index is -1.42. The second-order valence-corrected chi connectivity index (χ2v) is 14.2. The molecule has 0 saturated heterocycles. The van der Waals surface area contributed by atoms with Gasteiger partial charge in [-0.2, -0.15) is 0 Å². The molecule has 14 nitrogen and oxygen atoms in total. The number of carboxylic acids is 4. The molecule has 0 aliphatic heterocycles. The Morgan fingerprint density at radius 2 is 0.923 bits per heavy atom. The average Bonchev–Trinajstić information content (AvgIpc) is 3.79. The molecule has 0 atom stereocenters. The molecule has 0 saturated carbocycles. The lowest BCUT2D eigenvalue weighted by molar-refractivity contribution is -0.313. The Kier molecular flexibility index (Phi) is 15.8. The molecule has 0 aliphatic carbocycles. The van der Waals surface area contributed by atoms with E-state index in [1.54, 1.807) is 0 Å². The van der Waals surface area contributed by atoms with Crippen LogP contribution in [0, 0.1) is 0 Å². The van der Waals surface area contributed by atoms with Crippen LogP contribution in [-0.2, 0) is 45.4 Å². The highest BCUT2D eigenvalue weighted by atomic mass is 32.1. The number of unbranched alkanes of at least 4 members (excludes halogenated alkanes) is 3. The van der Waals surface area contributed by atoms with Gasteiger partial charge in [-0.05, 0) is 84.2 Å². The summed E-state index contributed by atoms with van der Waals surface area (Å²) < 4.78 is 0. The summed E-state index contributed by atoms with van der Waals surface area (Å²) in [6.45, 7) is -0.561. The van der Waals surface area contributed by atoms with Crippen molar-refractivity contribution in [2.45, 2.75) is 51.9 Å². The molecule has 0 aliphatic rings. The highest BCUT2D eigenvalue weighted by Gasteiger charge is 2.17. The molecule has 0 amide bonds. The lowest BCUT2D eigenvalue weighted by Crippen LogP contribution is -2.43. The maximum absolute atomic E-state index is 11.4. The Morgan fingerprint density at radius 1 is 0.558 bits per heavy atom. The molecule has 0 aromatic carbocycles. The number of pyridine rings is 2. The van der Waals surface area contributed by atoms with Gasteiger partial charge in [0.25, 0.3) is 0 Å². The Balaban J connectivity index is 1.69. The number of aliphatic carboxylic acids is 4. The fourth-order valence-corrected chi connectivity index (χ4v) is 7.25. The zero-order valence-corrected chi connectivity index (χ0v) is 30.2. The quantitative estimate of drug-likeness (QED) is 0.0855. The standard InChI is InChI=1S/C36H44N6O8S2/c37-9-3-1-2-4-10-40(17-27-13-25(31-7-5-11-51-31)15-29(38-27)19-41(21-33(43)44)22-34(45)46)18-28-14-26(32-8-6-12-52-32)16-30(39-28)20-42(23-35(47)48)24-36(49)50/h5-8,11-16H,1-4,9-10,17-24,37H2,(H,43,44)(H,45,46)(H,47,48)(H,49,50)/p-4. The monoisotopic (exact) mass is 748 g/mol. The topological polar surface area (TPSA) is 222 Å². The zero-order valence-electron chi connectivity index (χ0n) is 28.6. The fourth-order valence-electron chi connectivity index (χ4n) is 5.82. The van der Waals surface area contributed by atoms with Crippen molar-refractivity contribution in [2.24, 2.45) is 5.73 Å². The number of nitrogens with zero attached hydrogens (tertiary/aromatic N) is 5. The molecule has 0 bridgehead atoms. The average molecular weight is 749 g/mol. The molecule has 16 heteroatoms. The summed E-state index contributed by atoms with van der Waals surface area (Å²) in [5.41, 5.74) is 9.71. The summed E-state index contributed by atoms with van der Waals surface area (Å²) in [5, 5.41) is 49.5. The molecule has 0 spiro atoms. The van der Waals surface area contributed by atoms with Gasteiger partial charge >= 0.3 is 0 Å². The van der Waals surface area contributed by atoms with Gasteiger partial charge < -0.3 is 45.3 Å². The van der Waals surface area contributed by atoms with Crippen LogP contribution in [0.1, 0.15) is 48.5 Å². The van der Waals surface area contributed by atoms with Crippen molar-refractivity contribution in [3.05, 3.63) is 82.1 Å². The number of carbonyl (C=O) groups excluding carboxylic acids is 4. The summed E-state index contributed by atoms with van der Waals surface area (Å²) in [6.07, 6.45) is 3.67. The first kappa shape index (κ1) is 40.2. The molecule has 4 aromatic rings. The van der Waals surface area contributed by atoms with Gasteiger partial charge in [-0.1, -0.05) is 25.0 Å². The normalized spacial score (nSPS) is 11.5. The van der Waals surface area contributed by atoms with Crippen molar-refractivity contribution in [2.75, 3.05) is 39.3 Å². The highest BCUT2D eigenvalue weighted by Crippen LogP contribution is 2.29. The van der Waals surface area contributed by atoms with Crippen LogP contribution in [-0.4, -0.2) is 87.8 Å². The van der Waals surface area contributed by atoms with Crippen molar-refractivity contribution in [1.82, 2.24) is 24.7 Å². The van der Waals surface area contributed by atoms with E-state index in [4.69, 9.17) is 15.7 Å². The number of carboxylic acid groups (broad SMARTS) is 4. The molecule has 278 valence electrons. The van der Waals surface area contributed by atoms with Crippen LogP contribution in [0.5, 0.6) is 0 Å². The number of hydrogen-bond donors (Lipinski definition) is 1. The van der Waals surface area contributed by atoms with Gasteiger partial charge in [-0.25, -0.2) is 0 Å². The Morgan fingerprint density at radius 3 is 1.25 bits per heavy atom. The molecule has 0 unspecified atom stereocenters. The van der Waals surface area contributed by atoms with E-state index in [0.717, 1.165) is 46.6 Å². The summed E-state index contributed by atoms with van der Waals surface area (Å²) in [4.78, 5) is 61.7. The first-order valence-electron chi connectivity index (χ1n) is 16.7. The second-order valence-electron chi connectivity index (χ2n) is 12.3. The van der Waals surface area contributed by atoms with Crippen LogP contribution < -0.4 is 26.2 Å². The maximum Gasteiger partial charge on any atom is 0.0555 e. The van der Waals surface area contributed by atoms with Crippen molar-refractivity contribution < 1.29 is 39.6 Å². The van der Waals surface area contributed by atoms with Crippen molar-refractivity contribution in [1.29, 1.82) is 0 Å². The first-order chi connectivity index (χ1) is 25.0. The van der Waals surface area contributed by atoms with Gasteiger partial charge in [0.05, 0.1) is 46.7 Å². The Labute approximate surface area is 309 Å². The lowest BCUT2D eigenvalue weighted by Gasteiger charge is -2.25. The van der Waals surface area contributed by atoms with Crippen molar-refractivity contribution in [3.63, 3.8) is 0 Å². The second kappa shape index (κ2) is 20.5. The molecule has 2 N–H and O–H groups in total. The molecule has 4 aromatic heterocycles. The van der Waals surface area contributed by atoms with E-state index in [-0.39, 0.29) is 13.1 Å². The molecule has 4 heterocycles. The van der Waals surface area contributed by atoms with E-state index < -0.39 is 50.1 Å². The van der Waals surface area contributed by atoms with Crippen molar-refractivity contribution in [3.8, 4) is 20.9 Å². The van der Waals surface area contributed by atoms with Gasteiger partial charge in [0.1, 0.15) is 0 Å². The first-order valence-corrected chi connectivity index (χ1v) is 18.5. The Hall–Kier alpha value is -4.58. The van der Waals surface area contributed by atoms with Crippen LogP contribution in [0.3, 0.4) is 0 Å². The van der Waals surface area contributed by atoms with Gasteiger partial charge in [0.2, 0.25) is 0 Å². The number of hydrogen-bond acceptors (Lipinski definition) is 16. The minimum absolute atomic E-state index is 0.0603. The summed E-state index contributed by atoms with van der Waals surface area (Å²) in [6, 6.07) is 15.3. The number of aromatic nitrogens is 2. The van der Waals surface area contributed by atoms with E-state index in [2.05, 4.69) is 4.90 Å². The molecule has 4 rings (SSSR count). The molecular formula is C36H40N6O8S2-4. The predicted octanol–water partition coefficient (Wildman–Crippen LogP) is -0.941. The van der Waals surface area contributed by atoms with Crippen LogP contribution >= 0.6 is 22.7 Å². The largest absolute Gasteiger partial charge is 0.549 e. The van der Waals surface area contributed by atoms with E-state index in [9.17, 15) is 39.6 Å². The summed E-state index contributed by atoms with van der Waals surface area (Å²) in [7, 11) is 0. The molecular weight excluding hydrogens is 709 g/mol. The van der Waals surface area contributed by atoms with Crippen LogP contribution in [0.15, 0.2) is 59.3 Å². The highest BCUT2D eigenvalue weighted by molar-refractivity contribution is 7.13. The minimum Gasteiger partial charge on any atom is -0.549 e. The van der Waals surface area contributed by atoms with E-state index in [1.165, 1.54) is 32.5 Å². The van der Waals surface area contributed by atoms with Crippen molar-refractivity contribution >= 4 is 46.6 Å². The smallest absolute Gasteiger partial charge is 0.0555 e. The van der Waals surface area contributed by atoms with Crippen LogP contribution in [0.25, 0.3) is 20.9 Å². The van der Waals surface area contributed by atoms with Crippen LogP contribution in [0.2, 0.25) is 0 Å². The molecule has 0 radical (unpaired) electrons. The number of nitrogens with two attached hydrogens (primary N) is 1. The summed E-state index contributed by atoms with van der Waals surface area (Å²) >= 11 is 3.05. The molecule has 52 heavy (non-hydrogen) atoms. The Bertz CT molecular complexity index is 1620. The van der Waals surface area contributed by atoms with Gasteiger partial charge in [0, 0.05) is 62.1 Å². The van der Waals surface area contributed by atoms with Gasteiger partial charge in [-0.3, -0.25) is 24.7 Å². The van der Waals surface area contributed by atoms with E-state index in [1.807, 2.05) is 59.3 Å². The molecule has 0 fully saturated rings. The summed E-state index contributed by atoms with van der Waals surface area (Å²) in [5.74, 6) is -5.68. The predicted molar refractivity (Wildman–Crippen MR) is 187 cm³/mol. The van der Waals surface area contributed by atoms with Crippen LogP contribution in [0.4, 0.5) is 0 Å². The number of thiophene rings is 2. The zero-order chi connectivity index (χ0) is 37.5. The van der Waals surface area contributed by atoms with Gasteiger partial charge in [0.15, 0.2) is 0 Å². The van der Waals surface area contributed by atoms with E-state index >= 15 is 0 Å². The number of rotatable bonds is 24. The van der Waals surface area contributed by atoms with E-state index in [0.29, 0.717) is 49.0 Å². The number of carbonyl (C=O) groups is 4. The lowest BCUT2D eigenvalue weighted by atomic mass is 10.1. The third-order valence-corrected chi connectivity index (χ3v) is 9.69. The van der Waals surface area contributed by atoms with Gasteiger partial charge in [-0.15, -0.1) is 22.7 Å². The SMILES string of the molecule is NCCCCCCN(Cc1cc(-c2cccs2)cc(CN(CC(=O)[O-])CC(=O)[O-])n1)Cc1cc(-c2cccs2)cc(CN(CC(=O)[O-])CC(=O)[O-])n1.